The summed E-state index contributed by atoms with van der Waals surface area (Å²) in [5.41, 5.74) is 13.7. The third-order valence-corrected chi connectivity index (χ3v) is 8.31. The fraction of sp³-hybridized carbons (Fsp3) is 0.375. The summed E-state index contributed by atoms with van der Waals surface area (Å²) in [6.45, 7) is 4.18. The van der Waals surface area contributed by atoms with Crippen molar-refractivity contribution in [2.75, 3.05) is 18.4 Å². The summed E-state index contributed by atoms with van der Waals surface area (Å²) >= 11 is 0. The third-order valence-electron chi connectivity index (χ3n) is 8.31. The molecule has 0 radical (unpaired) electrons. The van der Waals surface area contributed by atoms with Crippen LogP contribution in [0.3, 0.4) is 0 Å². The molecule has 5 N–H and O–H groups in total. The van der Waals surface area contributed by atoms with Crippen LogP contribution in [0.1, 0.15) is 39.5 Å². The molecule has 228 valence electrons. The summed E-state index contributed by atoms with van der Waals surface area (Å²) < 4.78 is 6.28. The highest BCUT2D eigenvalue weighted by molar-refractivity contribution is 6.00. The Morgan fingerprint density at radius 2 is 1.55 bits per heavy atom. The second-order valence-corrected chi connectivity index (χ2v) is 11.6. The Hall–Kier alpha value is -4.68. The average Bonchev–Trinajstić information content (AvgIpc) is 3.70. The number of nitrogens with zero attached hydrogens (tertiary/aromatic N) is 4. The van der Waals surface area contributed by atoms with Gasteiger partial charge in [0.1, 0.15) is 23.3 Å². The predicted molar refractivity (Wildman–Crippen MR) is 164 cm³/mol. The van der Waals surface area contributed by atoms with E-state index >= 15 is 0 Å². The number of likely N-dealkylation sites (tertiary alicyclic amines) is 2. The van der Waals surface area contributed by atoms with Crippen molar-refractivity contribution in [1.82, 2.24) is 14.8 Å². The maximum Gasteiger partial charge on any atom is 0.269 e. The Kier molecular flexibility index (Phi) is 7.87. The highest BCUT2D eigenvalue weighted by Gasteiger charge is 2.36. The fourth-order valence-electron chi connectivity index (χ4n) is 6.14. The van der Waals surface area contributed by atoms with Crippen molar-refractivity contribution in [2.24, 2.45) is 16.5 Å². The molecule has 2 aromatic rings. The lowest BCUT2D eigenvalue weighted by atomic mass is 10.0. The molecule has 6 rings (SSSR count). The van der Waals surface area contributed by atoms with Gasteiger partial charge in [-0.1, -0.05) is 24.3 Å². The molecule has 0 saturated carbocycles. The second-order valence-electron chi connectivity index (χ2n) is 11.6. The SMILES string of the molecule is CC(N)C(=O)N1CCCC1C(=O)N=c1cc2oc3cc(NC(=O)C4CCCN4C(=O)C(C)N)ccc3nc-2c2ccccc12. The zero-order valence-corrected chi connectivity index (χ0v) is 24.7. The second kappa shape index (κ2) is 11.8. The van der Waals surface area contributed by atoms with Crippen LogP contribution in [0.25, 0.3) is 33.3 Å². The van der Waals surface area contributed by atoms with Gasteiger partial charge in [0.2, 0.25) is 17.7 Å². The van der Waals surface area contributed by atoms with Gasteiger partial charge < -0.3 is 31.0 Å². The van der Waals surface area contributed by atoms with Gasteiger partial charge in [0.15, 0.2) is 11.3 Å². The van der Waals surface area contributed by atoms with Gasteiger partial charge in [0.05, 0.1) is 17.4 Å². The van der Waals surface area contributed by atoms with Crippen LogP contribution in [0.4, 0.5) is 5.69 Å². The molecule has 2 fully saturated rings. The Bertz CT molecular complexity index is 1830. The number of nitrogens with two attached hydrogens (primary N) is 2. The summed E-state index contributed by atoms with van der Waals surface area (Å²) in [6.07, 6.45) is 2.51. The molecule has 3 heterocycles. The lowest BCUT2D eigenvalue weighted by Crippen LogP contribution is -2.48. The largest absolute Gasteiger partial charge is 0.453 e. The van der Waals surface area contributed by atoms with Crippen LogP contribution in [-0.2, 0) is 19.2 Å². The molecular weight excluding hydrogens is 562 g/mol. The van der Waals surface area contributed by atoms with Gasteiger partial charge in [-0.15, -0.1) is 0 Å². The standard InChI is InChI=1S/C32H35N7O5/c1-17(33)31(42)38-13-5-9-24(38)29(40)35-19-11-12-22-26(15-19)44-27-16-23(20-7-3-4-8-21(20)28(27)36-22)37-30(41)25-10-6-14-39(25)32(43)18(2)34/h3-4,7-8,11-12,15-18,24-25H,5-6,9-10,13-14,33-34H2,1-2H3,(H,35,40). The number of carbonyl (C=O) groups excluding carboxylic acids is 4. The predicted octanol–water partition coefficient (Wildman–Crippen LogP) is 2.13. The Balaban J connectivity index is 1.36. The number of carbonyl (C=O) groups is 4. The first-order chi connectivity index (χ1) is 21.1. The minimum absolute atomic E-state index is 0.250. The van der Waals surface area contributed by atoms with E-state index in [4.69, 9.17) is 20.9 Å². The summed E-state index contributed by atoms with van der Waals surface area (Å²) in [6, 6.07) is 11.7. The van der Waals surface area contributed by atoms with Crippen molar-refractivity contribution in [3.8, 4) is 11.5 Å². The van der Waals surface area contributed by atoms with Gasteiger partial charge in [-0.2, -0.15) is 0 Å². The van der Waals surface area contributed by atoms with Gasteiger partial charge in [-0.3, -0.25) is 19.2 Å². The van der Waals surface area contributed by atoms with Crippen molar-refractivity contribution in [3.63, 3.8) is 0 Å². The quantitative estimate of drug-likeness (QED) is 0.231. The van der Waals surface area contributed by atoms with Crippen LogP contribution < -0.4 is 22.1 Å². The van der Waals surface area contributed by atoms with Crippen LogP contribution in [0.5, 0.6) is 0 Å². The molecule has 4 unspecified atom stereocenters. The number of hydrogen-bond acceptors (Lipinski definition) is 8. The van der Waals surface area contributed by atoms with Crippen LogP contribution in [0, 0.1) is 0 Å². The zero-order chi connectivity index (χ0) is 31.1. The summed E-state index contributed by atoms with van der Waals surface area (Å²) in [4.78, 5) is 64.0. The smallest absolute Gasteiger partial charge is 0.269 e. The zero-order valence-electron chi connectivity index (χ0n) is 24.7. The number of nitrogens with one attached hydrogen (secondary N) is 1. The number of aromatic nitrogens is 1. The molecule has 0 aromatic heterocycles. The van der Waals surface area contributed by atoms with E-state index < -0.39 is 30.1 Å². The molecule has 12 nitrogen and oxygen atoms in total. The summed E-state index contributed by atoms with van der Waals surface area (Å²) in [5.74, 6) is -0.818. The monoisotopic (exact) mass is 597 g/mol. The van der Waals surface area contributed by atoms with Crippen molar-refractivity contribution < 1.29 is 23.6 Å². The molecule has 4 aliphatic rings. The van der Waals surface area contributed by atoms with Gasteiger partial charge in [-0.25, -0.2) is 9.98 Å². The number of rotatable bonds is 5. The average molecular weight is 598 g/mol. The first-order valence-corrected chi connectivity index (χ1v) is 14.9. The van der Waals surface area contributed by atoms with E-state index in [0.29, 0.717) is 66.0 Å². The maximum atomic E-state index is 13.4. The topological polar surface area (TPSA) is 177 Å². The molecule has 44 heavy (non-hydrogen) atoms. The van der Waals surface area contributed by atoms with Crippen LogP contribution in [-0.4, -0.2) is 75.7 Å². The van der Waals surface area contributed by atoms with E-state index in [2.05, 4.69) is 10.3 Å². The Morgan fingerprint density at radius 3 is 2.23 bits per heavy atom. The molecule has 4 amide bonds. The van der Waals surface area contributed by atoms with Crippen molar-refractivity contribution >= 4 is 51.2 Å². The molecule has 4 atom stereocenters. The molecular formula is C32H35N7O5. The fourth-order valence-corrected chi connectivity index (χ4v) is 6.14. The number of hydrogen-bond donors (Lipinski definition) is 3. The van der Waals surface area contributed by atoms with Gasteiger partial charge in [-0.05, 0) is 51.7 Å². The molecule has 0 bridgehead atoms. The Morgan fingerprint density at radius 1 is 0.909 bits per heavy atom. The summed E-state index contributed by atoms with van der Waals surface area (Å²) in [7, 11) is 0. The minimum atomic E-state index is -0.702. The van der Waals surface area contributed by atoms with E-state index in [9.17, 15) is 19.2 Å². The van der Waals surface area contributed by atoms with Crippen LogP contribution in [0.15, 0.2) is 57.9 Å². The maximum absolute atomic E-state index is 13.4. The summed E-state index contributed by atoms with van der Waals surface area (Å²) in [5, 5.41) is 4.80. The number of anilines is 1. The van der Waals surface area contributed by atoms with E-state index in [-0.39, 0.29) is 17.7 Å². The highest BCUT2D eigenvalue weighted by Crippen LogP contribution is 2.31. The Labute approximate surface area is 253 Å². The van der Waals surface area contributed by atoms with Gasteiger partial charge >= 0.3 is 0 Å². The lowest BCUT2D eigenvalue weighted by molar-refractivity contribution is -0.138. The van der Waals surface area contributed by atoms with Gasteiger partial charge in [0, 0.05) is 41.7 Å². The molecule has 12 heteroatoms. The third kappa shape index (κ3) is 5.42. The van der Waals surface area contributed by atoms with Crippen LogP contribution >= 0.6 is 0 Å². The van der Waals surface area contributed by atoms with Crippen molar-refractivity contribution in [3.05, 3.63) is 53.9 Å². The molecule has 2 saturated heterocycles. The highest BCUT2D eigenvalue weighted by atomic mass is 16.3. The molecule has 3 aliphatic heterocycles. The van der Waals surface area contributed by atoms with Crippen LogP contribution in [0.2, 0.25) is 0 Å². The minimum Gasteiger partial charge on any atom is -0.453 e. The van der Waals surface area contributed by atoms with Gasteiger partial charge in [0.25, 0.3) is 5.91 Å². The van der Waals surface area contributed by atoms with Crippen molar-refractivity contribution in [2.45, 2.75) is 63.7 Å². The number of amides is 4. The van der Waals surface area contributed by atoms with E-state index in [0.717, 1.165) is 17.2 Å². The number of benzene rings is 3. The first-order valence-electron chi connectivity index (χ1n) is 14.9. The molecule has 1 aliphatic carbocycles. The normalized spacial score (nSPS) is 20.4. The molecule has 2 aromatic carbocycles. The van der Waals surface area contributed by atoms with E-state index in [1.54, 1.807) is 38.1 Å². The van der Waals surface area contributed by atoms with E-state index in [1.165, 1.54) is 9.80 Å². The van der Waals surface area contributed by atoms with E-state index in [1.807, 2.05) is 24.3 Å². The lowest BCUT2D eigenvalue weighted by Gasteiger charge is -2.25. The van der Waals surface area contributed by atoms with Crippen molar-refractivity contribution in [1.29, 1.82) is 0 Å². The number of fused-ring (bicyclic) bond motifs is 4. The molecule has 0 spiro atoms. The first kappa shape index (κ1) is 29.4.